The number of furan rings is 1. The Bertz CT molecular complexity index is 2890. The van der Waals surface area contributed by atoms with Gasteiger partial charge in [-0.1, -0.05) is 158 Å². The van der Waals surface area contributed by atoms with Crippen LogP contribution in [0.4, 0.5) is 17.1 Å². The fraction of sp³-hybridized carbons (Fsp3) is 0. The molecule has 0 saturated carbocycles. The third-order valence-corrected chi connectivity index (χ3v) is 10.5. The predicted molar refractivity (Wildman–Crippen MR) is 228 cm³/mol. The van der Waals surface area contributed by atoms with Gasteiger partial charge in [-0.3, -0.25) is 0 Å². The molecule has 10 aromatic rings. The average Bonchev–Trinajstić information content (AvgIpc) is 3.65. The summed E-state index contributed by atoms with van der Waals surface area (Å²) in [6.07, 6.45) is 0. The number of hydrogen-bond donors (Lipinski definition) is 0. The van der Waals surface area contributed by atoms with E-state index in [4.69, 9.17) is 4.42 Å². The van der Waals surface area contributed by atoms with Crippen molar-refractivity contribution < 1.29 is 4.42 Å². The molecule has 0 aliphatic rings. The van der Waals surface area contributed by atoms with Crippen molar-refractivity contribution in [1.82, 2.24) is 0 Å². The van der Waals surface area contributed by atoms with Crippen molar-refractivity contribution in [3.8, 4) is 44.5 Å². The largest absolute Gasteiger partial charge is 0.456 e. The quantitative estimate of drug-likeness (QED) is 0.166. The van der Waals surface area contributed by atoms with Crippen molar-refractivity contribution in [2.24, 2.45) is 0 Å². The minimum absolute atomic E-state index is 0.891. The first-order chi connectivity index (χ1) is 26.8. The van der Waals surface area contributed by atoms with Crippen LogP contribution in [0.1, 0.15) is 0 Å². The Kier molecular flexibility index (Phi) is 7.85. The van der Waals surface area contributed by atoms with Gasteiger partial charge in [0, 0.05) is 27.8 Å². The highest BCUT2D eigenvalue weighted by molar-refractivity contribution is 6.23. The van der Waals surface area contributed by atoms with E-state index < -0.39 is 0 Å². The average molecular weight is 690 g/mol. The fourth-order valence-corrected chi connectivity index (χ4v) is 7.81. The van der Waals surface area contributed by atoms with E-state index in [1.165, 1.54) is 44.2 Å². The van der Waals surface area contributed by atoms with E-state index in [2.05, 4.69) is 217 Å². The van der Waals surface area contributed by atoms with Crippen LogP contribution < -0.4 is 4.90 Å². The molecule has 10 rings (SSSR count). The van der Waals surface area contributed by atoms with Crippen molar-refractivity contribution in [3.63, 3.8) is 0 Å². The highest BCUT2D eigenvalue weighted by Gasteiger charge is 2.18. The smallest absolute Gasteiger partial charge is 0.136 e. The Hall–Kier alpha value is -7.16. The highest BCUT2D eigenvalue weighted by atomic mass is 16.3. The van der Waals surface area contributed by atoms with Crippen LogP contribution in [-0.2, 0) is 0 Å². The number of anilines is 3. The van der Waals surface area contributed by atoms with Crippen molar-refractivity contribution in [3.05, 3.63) is 212 Å². The van der Waals surface area contributed by atoms with Gasteiger partial charge in [-0.05, 0) is 110 Å². The van der Waals surface area contributed by atoms with E-state index in [0.717, 1.165) is 50.1 Å². The molecule has 54 heavy (non-hydrogen) atoms. The molecule has 0 radical (unpaired) electrons. The Morgan fingerprint density at radius 2 is 0.778 bits per heavy atom. The van der Waals surface area contributed by atoms with Crippen molar-refractivity contribution >= 4 is 49.8 Å². The van der Waals surface area contributed by atoms with Crippen molar-refractivity contribution in [2.75, 3.05) is 4.90 Å². The molecule has 0 atom stereocenters. The lowest BCUT2D eigenvalue weighted by Gasteiger charge is -2.26. The second-order valence-corrected chi connectivity index (χ2v) is 13.7. The summed E-state index contributed by atoms with van der Waals surface area (Å²) in [6, 6.07) is 75.8. The Morgan fingerprint density at radius 1 is 0.296 bits per heavy atom. The lowest BCUT2D eigenvalue weighted by Crippen LogP contribution is -2.10. The second kappa shape index (κ2) is 13.4. The molecule has 0 fully saturated rings. The molecule has 2 nitrogen and oxygen atoms in total. The molecule has 0 aliphatic heterocycles. The Labute approximate surface area is 314 Å². The number of hydrogen-bond acceptors (Lipinski definition) is 2. The van der Waals surface area contributed by atoms with Gasteiger partial charge >= 0.3 is 0 Å². The van der Waals surface area contributed by atoms with Gasteiger partial charge in [0.15, 0.2) is 0 Å². The maximum Gasteiger partial charge on any atom is 0.136 e. The molecule has 254 valence electrons. The molecular weight excluding hydrogens is 655 g/mol. The van der Waals surface area contributed by atoms with E-state index >= 15 is 0 Å². The van der Waals surface area contributed by atoms with E-state index in [-0.39, 0.29) is 0 Å². The summed E-state index contributed by atoms with van der Waals surface area (Å²) in [6.45, 7) is 0. The Morgan fingerprint density at radius 3 is 1.43 bits per heavy atom. The molecule has 0 unspecified atom stereocenters. The van der Waals surface area contributed by atoms with Gasteiger partial charge in [0.1, 0.15) is 11.2 Å². The Balaban J connectivity index is 1.09. The van der Waals surface area contributed by atoms with Gasteiger partial charge in [0.05, 0.1) is 0 Å². The molecule has 1 aromatic heterocycles. The number of benzene rings is 9. The summed E-state index contributed by atoms with van der Waals surface area (Å²) in [5.74, 6) is 0. The fourth-order valence-electron chi connectivity index (χ4n) is 7.81. The first-order valence-corrected chi connectivity index (χ1v) is 18.4. The van der Waals surface area contributed by atoms with Crippen LogP contribution in [-0.4, -0.2) is 0 Å². The summed E-state index contributed by atoms with van der Waals surface area (Å²) >= 11 is 0. The molecular formula is C52H35NO. The number of rotatable bonds is 7. The van der Waals surface area contributed by atoms with Crippen LogP contribution in [0.15, 0.2) is 217 Å². The highest BCUT2D eigenvalue weighted by Crippen LogP contribution is 2.43. The first kappa shape index (κ1) is 31.6. The third-order valence-electron chi connectivity index (χ3n) is 10.5. The van der Waals surface area contributed by atoms with Gasteiger partial charge < -0.3 is 9.32 Å². The molecule has 0 amide bonds. The van der Waals surface area contributed by atoms with Crippen LogP contribution in [0.25, 0.3) is 77.2 Å². The van der Waals surface area contributed by atoms with E-state index in [1.807, 2.05) is 0 Å². The topological polar surface area (TPSA) is 16.4 Å². The second-order valence-electron chi connectivity index (χ2n) is 13.7. The molecule has 0 bridgehead atoms. The molecule has 9 aromatic carbocycles. The normalized spacial score (nSPS) is 11.3. The van der Waals surface area contributed by atoms with E-state index in [0.29, 0.717) is 0 Å². The predicted octanol–water partition coefficient (Wildman–Crippen LogP) is 14.9. The standard InChI is InChI=1S/C52H35NO/c1-4-12-36(13-5-1)39-24-29-44(30-25-39)53(46-19-10-18-42(34-46)37-14-6-2-7-15-37)45-31-26-40(27-32-45)47-20-11-21-49-51(47)52-48-35-43(38-16-8-3-9-17-38)23-22-41(48)28-33-50(52)54-49/h1-35H. The van der Waals surface area contributed by atoms with Crippen LogP contribution in [0.3, 0.4) is 0 Å². The van der Waals surface area contributed by atoms with Crippen molar-refractivity contribution in [1.29, 1.82) is 0 Å². The first-order valence-electron chi connectivity index (χ1n) is 18.4. The molecule has 0 aliphatic carbocycles. The maximum atomic E-state index is 6.53. The minimum atomic E-state index is 0.891. The molecule has 0 N–H and O–H groups in total. The van der Waals surface area contributed by atoms with Crippen LogP contribution in [0, 0.1) is 0 Å². The van der Waals surface area contributed by atoms with E-state index in [1.54, 1.807) is 0 Å². The summed E-state index contributed by atoms with van der Waals surface area (Å²) < 4.78 is 6.53. The number of nitrogens with zero attached hydrogens (tertiary/aromatic N) is 1. The van der Waals surface area contributed by atoms with Gasteiger partial charge in [-0.2, -0.15) is 0 Å². The SMILES string of the molecule is c1ccc(-c2ccc(N(c3ccc(-c4cccc5oc6ccc7ccc(-c8ccccc8)cc7c6c45)cc3)c3cccc(-c4ccccc4)c3)cc2)cc1. The maximum absolute atomic E-state index is 6.53. The van der Waals surface area contributed by atoms with Gasteiger partial charge in [0.25, 0.3) is 0 Å². The summed E-state index contributed by atoms with van der Waals surface area (Å²) in [4.78, 5) is 2.34. The zero-order valence-electron chi connectivity index (χ0n) is 29.6. The van der Waals surface area contributed by atoms with Crippen LogP contribution >= 0.6 is 0 Å². The van der Waals surface area contributed by atoms with Gasteiger partial charge in [-0.15, -0.1) is 0 Å². The lowest BCUT2D eigenvalue weighted by molar-refractivity contribution is 0.669. The third kappa shape index (κ3) is 5.71. The van der Waals surface area contributed by atoms with Gasteiger partial charge in [-0.25, -0.2) is 0 Å². The molecule has 2 heteroatoms. The minimum Gasteiger partial charge on any atom is -0.456 e. The molecule has 0 saturated heterocycles. The van der Waals surface area contributed by atoms with Crippen molar-refractivity contribution in [2.45, 2.75) is 0 Å². The summed E-state index contributed by atoms with van der Waals surface area (Å²) in [5, 5.41) is 4.68. The van der Waals surface area contributed by atoms with E-state index in [9.17, 15) is 0 Å². The lowest BCUT2D eigenvalue weighted by atomic mass is 9.94. The van der Waals surface area contributed by atoms with Gasteiger partial charge in [0.2, 0.25) is 0 Å². The molecule has 1 heterocycles. The van der Waals surface area contributed by atoms with Crippen LogP contribution in [0.5, 0.6) is 0 Å². The van der Waals surface area contributed by atoms with Crippen LogP contribution in [0.2, 0.25) is 0 Å². The zero-order valence-corrected chi connectivity index (χ0v) is 29.6. The monoisotopic (exact) mass is 689 g/mol. The summed E-state index contributed by atoms with van der Waals surface area (Å²) in [5.41, 5.74) is 14.5. The molecule has 0 spiro atoms. The number of fused-ring (bicyclic) bond motifs is 5. The zero-order chi connectivity index (χ0) is 35.8. The summed E-state index contributed by atoms with van der Waals surface area (Å²) in [7, 11) is 0.